The third kappa shape index (κ3) is 5.28. The molecule has 122 valence electrons. The number of nitrogens with zero attached hydrogens (tertiary/aromatic N) is 1. The van der Waals surface area contributed by atoms with Gasteiger partial charge in [-0.2, -0.15) is 0 Å². The van der Waals surface area contributed by atoms with Crippen LogP contribution in [0.4, 0.5) is 0 Å². The van der Waals surface area contributed by atoms with E-state index in [0.717, 1.165) is 12.7 Å². The van der Waals surface area contributed by atoms with Crippen LogP contribution in [0.15, 0.2) is 0 Å². The van der Waals surface area contributed by atoms with Gasteiger partial charge in [-0.3, -0.25) is 9.59 Å². The van der Waals surface area contributed by atoms with Gasteiger partial charge in [-0.25, -0.2) is 13.1 Å². The standard InChI is InChI=1S/C13H24N2O5S/c1-13(2,3)11(14-21(4,19)20)12(18)15-7-5-6-9(15)8-10(16)17/h9,11,14H,5-8H2,1-4H3,(H,16,17). The summed E-state index contributed by atoms with van der Waals surface area (Å²) in [6, 6.07) is -1.26. The largest absolute Gasteiger partial charge is 0.481 e. The predicted octanol–water partition coefficient (Wildman–Crippen LogP) is 0.416. The topological polar surface area (TPSA) is 104 Å². The zero-order valence-electron chi connectivity index (χ0n) is 12.9. The molecule has 1 fully saturated rings. The smallest absolute Gasteiger partial charge is 0.305 e. The number of aliphatic carboxylic acids is 1. The van der Waals surface area contributed by atoms with Crippen molar-refractivity contribution in [2.45, 2.75) is 52.1 Å². The van der Waals surface area contributed by atoms with Gasteiger partial charge in [-0.05, 0) is 18.3 Å². The zero-order chi connectivity index (χ0) is 16.4. The second-order valence-electron chi connectivity index (χ2n) is 6.61. The monoisotopic (exact) mass is 320 g/mol. The molecule has 1 saturated heterocycles. The first-order chi connectivity index (χ1) is 9.42. The highest BCUT2D eigenvalue weighted by molar-refractivity contribution is 7.88. The van der Waals surface area contributed by atoms with Crippen molar-refractivity contribution in [3.63, 3.8) is 0 Å². The summed E-state index contributed by atoms with van der Waals surface area (Å²) in [4.78, 5) is 25.0. The maximum atomic E-state index is 12.7. The fourth-order valence-electron chi connectivity index (χ4n) is 2.52. The Bertz CT molecular complexity index is 509. The van der Waals surface area contributed by atoms with Crippen LogP contribution in [0.25, 0.3) is 0 Å². The molecule has 0 aliphatic carbocycles. The van der Waals surface area contributed by atoms with Gasteiger partial charge in [0.05, 0.1) is 12.7 Å². The van der Waals surface area contributed by atoms with Crippen molar-refractivity contribution in [3.8, 4) is 0 Å². The van der Waals surface area contributed by atoms with Crippen LogP contribution >= 0.6 is 0 Å². The van der Waals surface area contributed by atoms with Gasteiger partial charge in [0.25, 0.3) is 0 Å². The number of carbonyl (C=O) groups excluding carboxylic acids is 1. The highest BCUT2D eigenvalue weighted by Gasteiger charge is 2.40. The van der Waals surface area contributed by atoms with Crippen molar-refractivity contribution in [1.29, 1.82) is 0 Å². The van der Waals surface area contributed by atoms with Crippen LogP contribution in [0.5, 0.6) is 0 Å². The molecule has 0 radical (unpaired) electrons. The minimum atomic E-state index is -3.54. The molecule has 0 aromatic heterocycles. The van der Waals surface area contributed by atoms with Crippen LogP contribution < -0.4 is 4.72 Å². The lowest BCUT2D eigenvalue weighted by Crippen LogP contribution is -2.55. The number of carboxylic acid groups (broad SMARTS) is 1. The van der Waals surface area contributed by atoms with E-state index in [-0.39, 0.29) is 18.4 Å². The van der Waals surface area contributed by atoms with Crippen LogP contribution in [0.3, 0.4) is 0 Å². The molecule has 7 nitrogen and oxygen atoms in total. The average Bonchev–Trinajstić information content (AvgIpc) is 2.69. The number of carboxylic acids is 1. The molecule has 0 saturated carbocycles. The molecule has 0 aromatic carbocycles. The Labute approximate surface area is 125 Å². The van der Waals surface area contributed by atoms with E-state index in [1.165, 1.54) is 4.90 Å². The molecule has 2 N–H and O–H groups in total. The van der Waals surface area contributed by atoms with Crippen molar-refractivity contribution >= 4 is 21.9 Å². The first-order valence-corrected chi connectivity index (χ1v) is 8.80. The summed E-state index contributed by atoms with van der Waals surface area (Å²) < 4.78 is 25.4. The number of carbonyl (C=O) groups is 2. The molecule has 1 aliphatic heterocycles. The predicted molar refractivity (Wildman–Crippen MR) is 78.2 cm³/mol. The zero-order valence-corrected chi connectivity index (χ0v) is 13.7. The van der Waals surface area contributed by atoms with Crippen molar-refractivity contribution < 1.29 is 23.1 Å². The van der Waals surface area contributed by atoms with Crippen LogP contribution in [0.1, 0.15) is 40.0 Å². The molecule has 2 atom stereocenters. The van der Waals surface area contributed by atoms with Gasteiger partial charge >= 0.3 is 5.97 Å². The molecule has 21 heavy (non-hydrogen) atoms. The van der Waals surface area contributed by atoms with Crippen molar-refractivity contribution in [2.24, 2.45) is 5.41 Å². The van der Waals surface area contributed by atoms with E-state index in [2.05, 4.69) is 4.72 Å². The summed E-state index contributed by atoms with van der Waals surface area (Å²) in [5, 5.41) is 8.91. The van der Waals surface area contributed by atoms with E-state index in [0.29, 0.717) is 13.0 Å². The summed E-state index contributed by atoms with van der Waals surface area (Å²) in [6.45, 7) is 5.79. The quantitative estimate of drug-likeness (QED) is 0.764. The Hall–Kier alpha value is -1.15. The Morgan fingerprint density at radius 3 is 2.38 bits per heavy atom. The molecule has 0 bridgehead atoms. The fourth-order valence-corrected chi connectivity index (χ4v) is 3.40. The van der Waals surface area contributed by atoms with Crippen molar-refractivity contribution in [3.05, 3.63) is 0 Å². The third-order valence-corrected chi connectivity index (χ3v) is 4.18. The molecule has 1 rings (SSSR count). The highest BCUT2D eigenvalue weighted by atomic mass is 32.2. The second kappa shape index (κ2) is 6.31. The van der Waals surface area contributed by atoms with E-state index < -0.39 is 27.4 Å². The lowest BCUT2D eigenvalue weighted by molar-refractivity contribution is -0.141. The number of rotatable bonds is 5. The maximum Gasteiger partial charge on any atom is 0.305 e. The molecule has 1 amide bonds. The van der Waals surface area contributed by atoms with Gasteiger partial charge < -0.3 is 10.0 Å². The minimum absolute atomic E-state index is 0.110. The number of likely N-dealkylation sites (tertiary alicyclic amines) is 1. The Kier molecular flexibility index (Phi) is 5.38. The molecular weight excluding hydrogens is 296 g/mol. The lowest BCUT2D eigenvalue weighted by Gasteiger charge is -2.35. The summed E-state index contributed by atoms with van der Waals surface area (Å²) in [5.41, 5.74) is -0.601. The molecule has 2 unspecified atom stereocenters. The van der Waals surface area contributed by atoms with E-state index >= 15 is 0 Å². The summed E-state index contributed by atoms with van der Waals surface area (Å²) >= 11 is 0. The molecule has 1 heterocycles. The number of hydrogen-bond acceptors (Lipinski definition) is 4. The van der Waals surface area contributed by atoms with Gasteiger partial charge in [0.2, 0.25) is 15.9 Å². The SMILES string of the molecule is CC(C)(C)C(NS(C)(=O)=O)C(=O)N1CCCC1CC(=O)O. The minimum Gasteiger partial charge on any atom is -0.481 e. The number of nitrogens with one attached hydrogen (secondary N) is 1. The van der Waals surface area contributed by atoms with E-state index in [9.17, 15) is 18.0 Å². The van der Waals surface area contributed by atoms with E-state index in [1.807, 2.05) is 0 Å². The second-order valence-corrected chi connectivity index (χ2v) is 8.39. The fraction of sp³-hybridized carbons (Fsp3) is 0.846. The van der Waals surface area contributed by atoms with Crippen molar-refractivity contribution in [2.75, 3.05) is 12.8 Å². The highest BCUT2D eigenvalue weighted by Crippen LogP contribution is 2.27. The molecule has 0 spiro atoms. The molecule has 0 aromatic rings. The van der Waals surface area contributed by atoms with Crippen molar-refractivity contribution in [1.82, 2.24) is 9.62 Å². The van der Waals surface area contributed by atoms with Gasteiger partial charge in [0.15, 0.2) is 0 Å². The summed E-state index contributed by atoms with van der Waals surface area (Å²) in [7, 11) is -3.54. The summed E-state index contributed by atoms with van der Waals surface area (Å²) in [5.74, 6) is -1.31. The van der Waals surface area contributed by atoms with Gasteiger partial charge in [0.1, 0.15) is 6.04 Å². The van der Waals surface area contributed by atoms with Gasteiger partial charge in [-0.15, -0.1) is 0 Å². The van der Waals surface area contributed by atoms with Gasteiger partial charge in [0, 0.05) is 12.6 Å². The Balaban J connectivity index is 2.97. The number of hydrogen-bond donors (Lipinski definition) is 2. The lowest BCUT2D eigenvalue weighted by atomic mass is 9.86. The first-order valence-electron chi connectivity index (χ1n) is 6.91. The normalized spacial score (nSPS) is 21.3. The Morgan fingerprint density at radius 2 is 1.95 bits per heavy atom. The Morgan fingerprint density at radius 1 is 1.38 bits per heavy atom. The summed E-state index contributed by atoms with van der Waals surface area (Å²) in [6.07, 6.45) is 2.27. The third-order valence-electron chi connectivity index (χ3n) is 3.52. The maximum absolute atomic E-state index is 12.7. The van der Waals surface area contributed by atoms with Crippen LogP contribution in [0.2, 0.25) is 0 Å². The molecule has 1 aliphatic rings. The van der Waals surface area contributed by atoms with E-state index in [1.54, 1.807) is 20.8 Å². The van der Waals surface area contributed by atoms with Crippen LogP contribution in [-0.2, 0) is 19.6 Å². The number of sulfonamides is 1. The number of amides is 1. The van der Waals surface area contributed by atoms with Crippen LogP contribution in [-0.4, -0.2) is 55.2 Å². The molecule has 8 heteroatoms. The van der Waals surface area contributed by atoms with E-state index in [4.69, 9.17) is 5.11 Å². The van der Waals surface area contributed by atoms with Gasteiger partial charge in [-0.1, -0.05) is 20.8 Å². The average molecular weight is 320 g/mol. The molecular formula is C13H24N2O5S. The first kappa shape index (κ1) is 17.9. The van der Waals surface area contributed by atoms with Crippen LogP contribution in [0, 0.1) is 5.41 Å².